The number of ether oxygens (including phenoxy) is 1. The van der Waals surface area contributed by atoms with Gasteiger partial charge in [-0.1, -0.05) is 6.92 Å². The number of aliphatic hydroxyl groups is 2. The van der Waals surface area contributed by atoms with E-state index >= 15 is 0 Å². The molecule has 5 nitrogen and oxygen atoms in total. The first-order valence-electron chi connectivity index (χ1n) is 5.40. The number of hydrogen-bond donors (Lipinski definition) is 2. The fraction of sp³-hybridized carbons (Fsp3) is 0.900. The highest BCUT2D eigenvalue weighted by Gasteiger charge is 2.32. The first-order valence-corrected chi connectivity index (χ1v) is 5.40. The van der Waals surface area contributed by atoms with Crippen molar-refractivity contribution >= 4 is 5.91 Å². The van der Waals surface area contributed by atoms with Crippen LogP contribution < -0.4 is 0 Å². The Kier molecular flexibility index (Phi) is 5.01. The molecular formula is C10H19NO4. The van der Waals surface area contributed by atoms with Gasteiger partial charge >= 0.3 is 0 Å². The van der Waals surface area contributed by atoms with E-state index in [1.54, 1.807) is 0 Å². The van der Waals surface area contributed by atoms with Gasteiger partial charge in [-0.25, -0.2) is 0 Å². The van der Waals surface area contributed by atoms with Gasteiger partial charge in [0.25, 0.3) is 0 Å². The average Bonchev–Trinajstić information content (AvgIpc) is 2.66. The quantitative estimate of drug-likeness (QED) is 0.490. The van der Waals surface area contributed by atoms with E-state index < -0.39 is 12.3 Å². The van der Waals surface area contributed by atoms with Gasteiger partial charge < -0.3 is 19.8 Å². The lowest BCUT2D eigenvalue weighted by Crippen LogP contribution is -2.44. The SMILES string of the molecule is CCCOCC(=O)N1CCCC1C(O)O. The summed E-state index contributed by atoms with van der Waals surface area (Å²) in [4.78, 5) is 13.1. The molecule has 0 aromatic heterocycles. The molecule has 1 aliphatic heterocycles. The maximum atomic E-state index is 11.6. The standard InChI is InChI=1S/C10H19NO4/c1-2-6-15-7-9(12)11-5-3-4-8(11)10(13)14/h8,10,13-14H,2-7H2,1H3. The molecule has 1 heterocycles. The summed E-state index contributed by atoms with van der Waals surface area (Å²) in [6.45, 7) is 3.17. The Hall–Kier alpha value is -0.650. The predicted octanol–water partition coefficient (Wildman–Crippen LogP) is -0.285. The van der Waals surface area contributed by atoms with Crippen LogP contribution in [-0.4, -0.2) is 53.1 Å². The van der Waals surface area contributed by atoms with Crippen LogP contribution in [0.25, 0.3) is 0 Å². The minimum atomic E-state index is -1.44. The Labute approximate surface area is 89.6 Å². The molecule has 0 aliphatic carbocycles. The molecule has 1 fully saturated rings. The highest BCUT2D eigenvalue weighted by atomic mass is 16.5. The van der Waals surface area contributed by atoms with Gasteiger partial charge in [0.15, 0.2) is 6.29 Å². The molecule has 1 aliphatic rings. The summed E-state index contributed by atoms with van der Waals surface area (Å²) in [6, 6.07) is -0.456. The van der Waals surface area contributed by atoms with Crippen molar-refractivity contribution in [3.63, 3.8) is 0 Å². The average molecular weight is 217 g/mol. The molecule has 15 heavy (non-hydrogen) atoms. The third-order valence-electron chi connectivity index (χ3n) is 2.54. The van der Waals surface area contributed by atoms with E-state index in [0.717, 1.165) is 12.8 Å². The predicted molar refractivity (Wildman–Crippen MR) is 54.1 cm³/mol. The summed E-state index contributed by atoms with van der Waals surface area (Å²) in [7, 11) is 0. The van der Waals surface area contributed by atoms with Crippen LogP contribution >= 0.6 is 0 Å². The maximum Gasteiger partial charge on any atom is 0.248 e. The van der Waals surface area contributed by atoms with Crippen molar-refractivity contribution in [1.82, 2.24) is 4.90 Å². The van der Waals surface area contributed by atoms with E-state index in [1.807, 2.05) is 6.92 Å². The molecule has 5 heteroatoms. The number of likely N-dealkylation sites (tertiary alicyclic amines) is 1. The van der Waals surface area contributed by atoms with Gasteiger partial charge in [-0.2, -0.15) is 0 Å². The van der Waals surface area contributed by atoms with Gasteiger partial charge in [-0.05, 0) is 19.3 Å². The zero-order chi connectivity index (χ0) is 11.3. The van der Waals surface area contributed by atoms with Crippen LogP contribution in [0.5, 0.6) is 0 Å². The zero-order valence-electron chi connectivity index (χ0n) is 9.06. The first-order chi connectivity index (χ1) is 7.16. The fourth-order valence-corrected chi connectivity index (χ4v) is 1.80. The smallest absolute Gasteiger partial charge is 0.248 e. The van der Waals surface area contributed by atoms with Crippen LogP contribution in [-0.2, 0) is 9.53 Å². The third kappa shape index (κ3) is 3.44. The van der Waals surface area contributed by atoms with E-state index in [0.29, 0.717) is 19.6 Å². The van der Waals surface area contributed by atoms with Gasteiger partial charge in [0.2, 0.25) is 5.91 Å². The van der Waals surface area contributed by atoms with Crippen LogP contribution in [0.1, 0.15) is 26.2 Å². The van der Waals surface area contributed by atoms with Crippen molar-refractivity contribution in [2.45, 2.75) is 38.5 Å². The van der Waals surface area contributed by atoms with Crippen molar-refractivity contribution in [3.8, 4) is 0 Å². The number of carbonyl (C=O) groups is 1. The van der Waals surface area contributed by atoms with Crippen LogP contribution in [0, 0.1) is 0 Å². The molecule has 88 valence electrons. The van der Waals surface area contributed by atoms with Crippen molar-refractivity contribution in [3.05, 3.63) is 0 Å². The minimum Gasteiger partial charge on any atom is -0.372 e. The fourth-order valence-electron chi connectivity index (χ4n) is 1.80. The lowest BCUT2D eigenvalue weighted by Gasteiger charge is -2.25. The van der Waals surface area contributed by atoms with Crippen LogP contribution in [0.3, 0.4) is 0 Å². The molecule has 2 N–H and O–H groups in total. The summed E-state index contributed by atoms with van der Waals surface area (Å²) in [5, 5.41) is 18.1. The summed E-state index contributed by atoms with van der Waals surface area (Å²) >= 11 is 0. The summed E-state index contributed by atoms with van der Waals surface area (Å²) in [5.74, 6) is -0.154. The summed E-state index contributed by atoms with van der Waals surface area (Å²) in [5.41, 5.74) is 0. The zero-order valence-corrected chi connectivity index (χ0v) is 9.06. The van der Waals surface area contributed by atoms with Gasteiger partial charge in [-0.3, -0.25) is 4.79 Å². The summed E-state index contributed by atoms with van der Waals surface area (Å²) < 4.78 is 5.13. The van der Waals surface area contributed by atoms with E-state index in [1.165, 1.54) is 4.90 Å². The van der Waals surface area contributed by atoms with Gasteiger partial charge in [0.05, 0.1) is 6.04 Å². The van der Waals surface area contributed by atoms with Crippen LogP contribution in [0.15, 0.2) is 0 Å². The highest BCUT2D eigenvalue weighted by Crippen LogP contribution is 2.19. The molecule has 0 saturated carbocycles. The lowest BCUT2D eigenvalue weighted by atomic mass is 10.2. The van der Waals surface area contributed by atoms with Crippen molar-refractivity contribution in [1.29, 1.82) is 0 Å². The monoisotopic (exact) mass is 217 g/mol. The third-order valence-corrected chi connectivity index (χ3v) is 2.54. The molecule has 1 amide bonds. The number of aliphatic hydroxyl groups excluding tert-OH is 1. The Balaban J connectivity index is 2.37. The largest absolute Gasteiger partial charge is 0.372 e. The number of carbonyl (C=O) groups excluding carboxylic acids is 1. The topological polar surface area (TPSA) is 70.0 Å². The maximum absolute atomic E-state index is 11.6. The van der Waals surface area contributed by atoms with Crippen molar-refractivity contribution in [2.75, 3.05) is 19.8 Å². The Morgan fingerprint density at radius 3 is 2.93 bits per heavy atom. The number of amides is 1. The number of nitrogens with zero attached hydrogens (tertiary/aromatic N) is 1. The molecule has 0 radical (unpaired) electrons. The van der Waals surface area contributed by atoms with E-state index in [-0.39, 0.29) is 12.5 Å². The summed E-state index contributed by atoms with van der Waals surface area (Å²) in [6.07, 6.45) is 0.904. The second kappa shape index (κ2) is 6.05. The van der Waals surface area contributed by atoms with Crippen molar-refractivity contribution < 1.29 is 19.7 Å². The van der Waals surface area contributed by atoms with Gasteiger partial charge in [0.1, 0.15) is 6.61 Å². The van der Waals surface area contributed by atoms with Crippen molar-refractivity contribution in [2.24, 2.45) is 0 Å². The van der Waals surface area contributed by atoms with E-state index in [2.05, 4.69) is 0 Å². The Morgan fingerprint density at radius 2 is 2.33 bits per heavy atom. The van der Waals surface area contributed by atoms with Crippen LogP contribution in [0.4, 0.5) is 0 Å². The first kappa shape index (κ1) is 12.4. The van der Waals surface area contributed by atoms with Gasteiger partial charge in [0, 0.05) is 13.2 Å². The normalized spacial score (nSPS) is 21.3. The molecule has 1 atom stereocenters. The highest BCUT2D eigenvalue weighted by molar-refractivity contribution is 5.78. The van der Waals surface area contributed by atoms with E-state index in [4.69, 9.17) is 14.9 Å². The second-order valence-electron chi connectivity index (χ2n) is 3.76. The molecule has 0 aromatic carbocycles. The van der Waals surface area contributed by atoms with E-state index in [9.17, 15) is 4.79 Å². The molecule has 0 spiro atoms. The molecule has 0 bridgehead atoms. The molecule has 1 unspecified atom stereocenters. The van der Waals surface area contributed by atoms with Crippen LogP contribution in [0.2, 0.25) is 0 Å². The Morgan fingerprint density at radius 1 is 1.60 bits per heavy atom. The number of hydrogen-bond acceptors (Lipinski definition) is 4. The molecule has 1 rings (SSSR count). The minimum absolute atomic E-state index is 0.0387. The number of rotatable bonds is 5. The Bertz CT molecular complexity index is 208. The molecular weight excluding hydrogens is 198 g/mol. The van der Waals surface area contributed by atoms with Gasteiger partial charge in [-0.15, -0.1) is 0 Å². The molecule has 1 saturated heterocycles. The lowest BCUT2D eigenvalue weighted by molar-refractivity contribution is -0.147. The molecule has 0 aromatic rings. The second-order valence-corrected chi connectivity index (χ2v) is 3.76.